The van der Waals surface area contributed by atoms with Gasteiger partial charge in [-0.15, -0.1) is 0 Å². The molecular formula is C8H19N3O. The van der Waals surface area contributed by atoms with E-state index in [9.17, 15) is 4.79 Å². The quantitative estimate of drug-likeness (QED) is 0.646. The van der Waals surface area contributed by atoms with Crippen LogP contribution in [0, 0.1) is 0 Å². The number of amides is 2. The standard InChI is InChI=1S/C8H19N3O/c1-4-7(9)6-10-8(12)11(3)5-2/h7H,4-6,9H2,1-3H3,(H,10,12). The maximum Gasteiger partial charge on any atom is 0.317 e. The van der Waals surface area contributed by atoms with E-state index in [4.69, 9.17) is 5.73 Å². The fourth-order valence-electron chi connectivity index (χ4n) is 0.641. The Kier molecular flexibility index (Phi) is 5.45. The van der Waals surface area contributed by atoms with Crippen molar-refractivity contribution >= 4 is 6.03 Å². The molecule has 0 heterocycles. The van der Waals surface area contributed by atoms with Crippen molar-refractivity contribution in [2.45, 2.75) is 26.3 Å². The number of nitrogens with one attached hydrogen (secondary N) is 1. The molecule has 0 radical (unpaired) electrons. The van der Waals surface area contributed by atoms with E-state index in [0.717, 1.165) is 6.42 Å². The van der Waals surface area contributed by atoms with Crippen LogP contribution in [-0.4, -0.2) is 37.1 Å². The molecule has 0 spiro atoms. The Labute approximate surface area is 74.1 Å². The summed E-state index contributed by atoms with van der Waals surface area (Å²) in [5, 5.41) is 2.75. The molecule has 0 aromatic heterocycles. The van der Waals surface area contributed by atoms with Gasteiger partial charge in [-0.05, 0) is 13.3 Å². The van der Waals surface area contributed by atoms with Crippen molar-refractivity contribution in [3.63, 3.8) is 0 Å². The Morgan fingerprint density at radius 2 is 2.17 bits per heavy atom. The molecule has 3 N–H and O–H groups in total. The molecule has 0 aliphatic heterocycles. The molecule has 0 saturated carbocycles. The minimum Gasteiger partial charge on any atom is -0.336 e. The van der Waals surface area contributed by atoms with E-state index in [1.54, 1.807) is 11.9 Å². The Morgan fingerprint density at radius 1 is 1.58 bits per heavy atom. The predicted octanol–water partition coefficient (Wildman–Crippen LogP) is 0.385. The molecule has 0 bridgehead atoms. The van der Waals surface area contributed by atoms with Gasteiger partial charge in [-0.1, -0.05) is 6.92 Å². The third-order valence-electron chi connectivity index (χ3n) is 1.86. The Morgan fingerprint density at radius 3 is 2.58 bits per heavy atom. The topological polar surface area (TPSA) is 58.4 Å². The van der Waals surface area contributed by atoms with Gasteiger partial charge in [0.15, 0.2) is 0 Å². The molecule has 72 valence electrons. The van der Waals surface area contributed by atoms with Crippen molar-refractivity contribution < 1.29 is 4.79 Å². The number of urea groups is 1. The smallest absolute Gasteiger partial charge is 0.317 e. The second-order valence-electron chi connectivity index (χ2n) is 2.87. The van der Waals surface area contributed by atoms with E-state index in [0.29, 0.717) is 13.1 Å². The first-order chi connectivity index (χ1) is 5.61. The number of rotatable bonds is 4. The molecule has 0 aliphatic rings. The molecule has 2 amide bonds. The number of carbonyl (C=O) groups is 1. The second kappa shape index (κ2) is 5.83. The number of nitrogens with two attached hydrogens (primary N) is 1. The third kappa shape index (κ3) is 4.18. The Bertz CT molecular complexity index is 138. The van der Waals surface area contributed by atoms with Crippen molar-refractivity contribution in [3.05, 3.63) is 0 Å². The molecule has 1 unspecified atom stereocenters. The van der Waals surface area contributed by atoms with E-state index in [1.165, 1.54) is 0 Å². The van der Waals surface area contributed by atoms with Crippen LogP contribution in [0.2, 0.25) is 0 Å². The van der Waals surface area contributed by atoms with Gasteiger partial charge in [0.1, 0.15) is 0 Å². The highest BCUT2D eigenvalue weighted by molar-refractivity contribution is 5.73. The van der Waals surface area contributed by atoms with Crippen LogP contribution < -0.4 is 11.1 Å². The summed E-state index contributed by atoms with van der Waals surface area (Å²) in [5.41, 5.74) is 5.63. The van der Waals surface area contributed by atoms with Crippen LogP contribution in [0.25, 0.3) is 0 Å². The SMILES string of the molecule is CCC(N)CNC(=O)N(C)CC. The summed E-state index contributed by atoms with van der Waals surface area (Å²) in [6, 6.07) is 0.0145. The summed E-state index contributed by atoms with van der Waals surface area (Å²) in [7, 11) is 1.76. The predicted molar refractivity (Wildman–Crippen MR) is 50.0 cm³/mol. The van der Waals surface area contributed by atoms with Crippen LogP contribution in [0.1, 0.15) is 20.3 Å². The van der Waals surface area contributed by atoms with Gasteiger partial charge in [0, 0.05) is 26.2 Å². The molecule has 4 nitrogen and oxygen atoms in total. The van der Waals surface area contributed by atoms with Crippen LogP contribution in [0.4, 0.5) is 4.79 Å². The van der Waals surface area contributed by atoms with Crippen LogP contribution in [0.5, 0.6) is 0 Å². The number of carbonyl (C=O) groups excluding carboxylic acids is 1. The third-order valence-corrected chi connectivity index (χ3v) is 1.86. The molecule has 0 fully saturated rings. The Hall–Kier alpha value is -0.770. The molecular weight excluding hydrogens is 154 g/mol. The van der Waals surface area contributed by atoms with E-state index < -0.39 is 0 Å². The number of hydrogen-bond acceptors (Lipinski definition) is 2. The van der Waals surface area contributed by atoms with E-state index in [2.05, 4.69) is 5.32 Å². The summed E-state index contributed by atoms with van der Waals surface area (Å²) in [6.07, 6.45) is 0.885. The maximum absolute atomic E-state index is 11.2. The van der Waals surface area contributed by atoms with Crippen molar-refractivity contribution in [2.75, 3.05) is 20.1 Å². The summed E-state index contributed by atoms with van der Waals surface area (Å²) < 4.78 is 0. The van der Waals surface area contributed by atoms with Crippen LogP contribution in [0.3, 0.4) is 0 Å². The first-order valence-electron chi connectivity index (χ1n) is 4.36. The highest BCUT2D eigenvalue weighted by Crippen LogP contribution is 1.85. The highest BCUT2D eigenvalue weighted by atomic mass is 16.2. The van der Waals surface area contributed by atoms with Gasteiger partial charge in [0.25, 0.3) is 0 Å². The van der Waals surface area contributed by atoms with Crippen molar-refractivity contribution in [1.29, 1.82) is 0 Å². The van der Waals surface area contributed by atoms with Gasteiger partial charge in [0.05, 0.1) is 0 Å². The van der Waals surface area contributed by atoms with E-state index in [-0.39, 0.29) is 12.1 Å². The van der Waals surface area contributed by atoms with Gasteiger partial charge in [-0.25, -0.2) is 4.79 Å². The lowest BCUT2D eigenvalue weighted by molar-refractivity contribution is 0.210. The Balaban J connectivity index is 3.56. The van der Waals surface area contributed by atoms with Gasteiger partial charge >= 0.3 is 6.03 Å². The molecule has 0 saturated heterocycles. The lowest BCUT2D eigenvalue weighted by Crippen LogP contribution is -2.42. The number of hydrogen-bond donors (Lipinski definition) is 2. The normalized spacial score (nSPS) is 12.3. The van der Waals surface area contributed by atoms with Crippen LogP contribution >= 0.6 is 0 Å². The first-order valence-corrected chi connectivity index (χ1v) is 4.36. The van der Waals surface area contributed by atoms with E-state index >= 15 is 0 Å². The zero-order valence-electron chi connectivity index (χ0n) is 8.13. The highest BCUT2D eigenvalue weighted by Gasteiger charge is 2.06. The van der Waals surface area contributed by atoms with Crippen LogP contribution in [-0.2, 0) is 0 Å². The lowest BCUT2D eigenvalue weighted by Gasteiger charge is -2.17. The fraction of sp³-hybridized carbons (Fsp3) is 0.875. The van der Waals surface area contributed by atoms with Gasteiger partial charge in [-0.3, -0.25) is 0 Å². The van der Waals surface area contributed by atoms with Gasteiger partial charge in [-0.2, -0.15) is 0 Å². The minimum atomic E-state index is -0.0543. The van der Waals surface area contributed by atoms with Gasteiger partial charge < -0.3 is 16.0 Å². The molecule has 0 rings (SSSR count). The zero-order chi connectivity index (χ0) is 9.56. The summed E-state index contributed by atoms with van der Waals surface area (Å²) >= 11 is 0. The molecule has 12 heavy (non-hydrogen) atoms. The van der Waals surface area contributed by atoms with Crippen molar-refractivity contribution in [2.24, 2.45) is 5.73 Å². The lowest BCUT2D eigenvalue weighted by atomic mass is 10.2. The molecule has 0 aromatic rings. The summed E-state index contributed by atoms with van der Waals surface area (Å²) in [5.74, 6) is 0. The number of nitrogens with zero attached hydrogens (tertiary/aromatic N) is 1. The summed E-state index contributed by atoms with van der Waals surface area (Å²) in [4.78, 5) is 12.8. The first kappa shape index (κ1) is 11.2. The molecule has 0 aliphatic carbocycles. The largest absolute Gasteiger partial charge is 0.336 e. The average molecular weight is 173 g/mol. The summed E-state index contributed by atoms with van der Waals surface area (Å²) in [6.45, 7) is 5.20. The monoisotopic (exact) mass is 173 g/mol. The zero-order valence-corrected chi connectivity index (χ0v) is 8.13. The average Bonchev–Trinajstić information content (AvgIpc) is 2.11. The maximum atomic E-state index is 11.2. The molecule has 0 aromatic carbocycles. The minimum absolute atomic E-state index is 0.0543. The second-order valence-corrected chi connectivity index (χ2v) is 2.87. The van der Waals surface area contributed by atoms with Crippen LogP contribution in [0.15, 0.2) is 0 Å². The molecule has 4 heteroatoms. The van der Waals surface area contributed by atoms with E-state index in [1.807, 2.05) is 13.8 Å². The van der Waals surface area contributed by atoms with Crippen molar-refractivity contribution in [3.8, 4) is 0 Å². The fourth-order valence-corrected chi connectivity index (χ4v) is 0.641. The van der Waals surface area contributed by atoms with Crippen molar-refractivity contribution in [1.82, 2.24) is 10.2 Å². The molecule has 1 atom stereocenters. The van der Waals surface area contributed by atoms with Gasteiger partial charge in [0.2, 0.25) is 0 Å².